The molecule has 6 heteroatoms. The third kappa shape index (κ3) is 8.54. The molecule has 0 aliphatic carbocycles. The number of nitrogens with zero attached hydrogens (tertiary/aromatic N) is 2. The summed E-state index contributed by atoms with van der Waals surface area (Å²) < 4.78 is 5.32. The first-order valence-corrected chi connectivity index (χ1v) is 8.91. The number of carbonyl (C=O) groups excluding carboxylic acids is 1. The molecule has 0 unspecified atom stereocenters. The van der Waals surface area contributed by atoms with Crippen molar-refractivity contribution in [2.75, 3.05) is 47.4 Å². The molecular weight excluding hydrogens is 316 g/mol. The van der Waals surface area contributed by atoms with Crippen LogP contribution in [0.15, 0.2) is 29.3 Å². The number of guanidine groups is 1. The summed E-state index contributed by atoms with van der Waals surface area (Å²) in [4.78, 5) is 17.8. The van der Waals surface area contributed by atoms with E-state index in [1.165, 1.54) is 0 Å². The minimum absolute atomic E-state index is 0.0272. The molecule has 1 aromatic carbocycles. The maximum Gasteiger partial charge on any atom is 0.253 e. The number of unbranched alkanes of at least 4 members (excludes halogenated alkanes) is 1. The highest BCUT2D eigenvalue weighted by Crippen LogP contribution is 2.07. The van der Waals surface area contributed by atoms with Gasteiger partial charge >= 0.3 is 0 Å². The van der Waals surface area contributed by atoms with Crippen LogP contribution in [-0.4, -0.2) is 64.2 Å². The summed E-state index contributed by atoms with van der Waals surface area (Å²) in [6.45, 7) is 5.23. The standard InChI is InChI=1S/C19H32N4O2/c1-5-25-14-7-6-12-21-19(20-2)22-13-11-16-9-8-10-17(15-16)18(24)23(3)4/h8-10,15H,5-7,11-14H2,1-4H3,(H2,20,21,22). The van der Waals surface area contributed by atoms with Gasteiger partial charge in [-0.3, -0.25) is 9.79 Å². The van der Waals surface area contributed by atoms with Crippen LogP contribution in [0.4, 0.5) is 0 Å². The number of carbonyl (C=O) groups is 1. The Bertz CT molecular complexity index is 544. The van der Waals surface area contributed by atoms with Gasteiger partial charge in [0.25, 0.3) is 5.91 Å². The molecule has 0 spiro atoms. The van der Waals surface area contributed by atoms with Crippen molar-refractivity contribution in [3.05, 3.63) is 35.4 Å². The van der Waals surface area contributed by atoms with Gasteiger partial charge < -0.3 is 20.3 Å². The van der Waals surface area contributed by atoms with E-state index in [4.69, 9.17) is 4.74 Å². The zero-order valence-electron chi connectivity index (χ0n) is 16.0. The van der Waals surface area contributed by atoms with Gasteiger partial charge in [-0.1, -0.05) is 12.1 Å². The van der Waals surface area contributed by atoms with E-state index >= 15 is 0 Å². The fourth-order valence-electron chi connectivity index (χ4n) is 2.34. The first-order valence-electron chi connectivity index (χ1n) is 8.91. The van der Waals surface area contributed by atoms with Crippen LogP contribution in [0.1, 0.15) is 35.7 Å². The Kier molecular flexibility index (Phi) is 10.3. The number of ether oxygens (including phenoxy) is 1. The molecule has 25 heavy (non-hydrogen) atoms. The topological polar surface area (TPSA) is 66.0 Å². The van der Waals surface area contributed by atoms with Crippen LogP contribution in [-0.2, 0) is 11.2 Å². The lowest BCUT2D eigenvalue weighted by molar-refractivity contribution is 0.0827. The Morgan fingerprint density at radius 2 is 1.96 bits per heavy atom. The van der Waals surface area contributed by atoms with Crippen molar-refractivity contribution in [2.45, 2.75) is 26.2 Å². The molecule has 0 fully saturated rings. The van der Waals surface area contributed by atoms with E-state index in [2.05, 4.69) is 15.6 Å². The van der Waals surface area contributed by atoms with Gasteiger partial charge in [-0.05, 0) is 43.9 Å². The SMILES string of the molecule is CCOCCCCNC(=NC)NCCc1cccc(C(=O)N(C)C)c1. The van der Waals surface area contributed by atoms with Crippen molar-refractivity contribution in [3.8, 4) is 0 Å². The highest BCUT2D eigenvalue weighted by molar-refractivity contribution is 5.94. The first-order chi connectivity index (χ1) is 12.1. The molecule has 0 saturated heterocycles. The van der Waals surface area contributed by atoms with Gasteiger partial charge in [0, 0.05) is 53.0 Å². The highest BCUT2D eigenvalue weighted by Gasteiger charge is 2.08. The van der Waals surface area contributed by atoms with Crippen LogP contribution in [0.3, 0.4) is 0 Å². The molecule has 6 nitrogen and oxygen atoms in total. The van der Waals surface area contributed by atoms with Crippen molar-refractivity contribution in [2.24, 2.45) is 4.99 Å². The Morgan fingerprint density at radius 1 is 1.20 bits per heavy atom. The van der Waals surface area contributed by atoms with Gasteiger partial charge in [0.05, 0.1) is 0 Å². The lowest BCUT2D eigenvalue weighted by Gasteiger charge is -2.13. The van der Waals surface area contributed by atoms with Gasteiger partial charge in [0.2, 0.25) is 0 Å². The lowest BCUT2D eigenvalue weighted by atomic mass is 10.1. The Morgan fingerprint density at radius 3 is 2.64 bits per heavy atom. The maximum absolute atomic E-state index is 12.0. The molecule has 1 aromatic rings. The van der Waals surface area contributed by atoms with Gasteiger partial charge in [-0.2, -0.15) is 0 Å². The summed E-state index contributed by atoms with van der Waals surface area (Å²) in [6, 6.07) is 7.77. The fraction of sp³-hybridized carbons (Fsp3) is 0.579. The highest BCUT2D eigenvalue weighted by atomic mass is 16.5. The number of benzene rings is 1. The summed E-state index contributed by atoms with van der Waals surface area (Å²) in [7, 11) is 5.30. The summed E-state index contributed by atoms with van der Waals surface area (Å²) in [5.41, 5.74) is 1.85. The predicted molar refractivity (Wildman–Crippen MR) is 103 cm³/mol. The van der Waals surface area contributed by atoms with Crippen LogP contribution in [0.2, 0.25) is 0 Å². The number of hydrogen-bond acceptors (Lipinski definition) is 3. The second-order valence-electron chi connectivity index (χ2n) is 5.98. The normalized spacial score (nSPS) is 11.3. The molecule has 0 heterocycles. The molecule has 140 valence electrons. The smallest absolute Gasteiger partial charge is 0.253 e. The maximum atomic E-state index is 12.0. The number of aliphatic imine (C=N–C) groups is 1. The zero-order valence-corrected chi connectivity index (χ0v) is 16.0. The third-order valence-electron chi connectivity index (χ3n) is 3.72. The average Bonchev–Trinajstić information content (AvgIpc) is 2.62. The second-order valence-corrected chi connectivity index (χ2v) is 5.98. The number of rotatable bonds is 10. The molecular formula is C19H32N4O2. The van der Waals surface area contributed by atoms with E-state index in [-0.39, 0.29) is 5.91 Å². The Balaban J connectivity index is 2.33. The molecule has 2 N–H and O–H groups in total. The monoisotopic (exact) mass is 348 g/mol. The molecule has 0 saturated carbocycles. The van der Waals surface area contributed by atoms with Crippen LogP contribution in [0, 0.1) is 0 Å². The van der Waals surface area contributed by atoms with Gasteiger partial charge in [-0.25, -0.2) is 0 Å². The zero-order chi connectivity index (χ0) is 18.5. The van der Waals surface area contributed by atoms with Crippen molar-refractivity contribution >= 4 is 11.9 Å². The molecule has 1 amide bonds. The summed E-state index contributed by atoms with van der Waals surface area (Å²) in [5.74, 6) is 0.830. The minimum Gasteiger partial charge on any atom is -0.382 e. The fourth-order valence-corrected chi connectivity index (χ4v) is 2.34. The summed E-state index contributed by atoms with van der Waals surface area (Å²) in [5, 5.41) is 6.60. The quantitative estimate of drug-likeness (QED) is 0.385. The molecule has 0 atom stereocenters. The predicted octanol–water partition coefficient (Wildman–Crippen LogP) is 1.91. The molecule has 0 radical (unpaired) electrons. The Labute approximate surface area is 151 Å². The second kappa shape index (κ2) is 12.3. The molecule has 0 bridgehead atoms. The van der Waals surface area contributed by atoms with Crippen LogP contribution in [0.25, 0.3) is 0 Å². The first kappa shape index (κ1) is 21.0. The third-order valence-corrected chi connectivity index (χ3v) is 3.72. The number of amides is 1. The van der Waals surface area contributed by atoms with E-state index in [0.717, 1.165) is 62.7 Å². The average molecular weight is 348 g/mol. The van der Waals surface area contributed by atoms with Gasteiger partial charge in [0.15, 0.2) is 5.96 Å². The molecule has 0 aromatic heterocycles. The van der Waals surface area contributed by atoms with Crippen molar-refractivity contribution in [1.82, 2.24) is 15.5 Å². The molecule has 1 rings (SSSR count). The minimum atomic E-state index is 0.0272. The van der Waals surface area contributed by atoms with E-state index in [0.29, 0.717) is 0 Å². The summed E-state index contributed by atoms with van der Waals surface area (Å²) in [6.07, 6.45) is 2.93. The van der Waals surface area contributed by atoms with Gasteiger partial charge in [-0.15, -0.1) is 0 Å². The van der Waals surface area contributed by atoms with Crippen LogP contribution in [0.5, 0.6) is 0 Å². The van der Waals surface area contributed by atoms with E-state index < -0.39 is 0 Å². The largest absolute Gasteiger partial charge is 0.382 e. The molecule has 0 aliphatic heterocycles. The van der Waals surface area contributed by atoms with Crippen molar-refractivity contribution in [1.29, 1.82) is 0 Å². The van der Waals surface area contributed by atoms with E-state index in [1.54, 1.807) is 26.0 Å². The molecule has 0 aliphatic rings. The van der Waals surface area contributed by atoms with Crippen molar-refractivity contribution in [3.63, 3.8) is 0 Å². The lowest BCUT2D eigenvalue weighted by Crippen LogP contribution is -2.38. The van der Waals surface area contributed by atoms with Crippen LogP contribution < -0.4 is 10.6 Å². The number of nitrogens with one attached hydrogen (secondary N) is 2. The summed E-state index contributed by atoms with van der Waals surface area (Å²) >= 11 is 0. The number of hydrogen-bond donors (Lipinski definition) is 2. The van der Waals surface area contributed by atoms with Gasteiger partial charge in [0.1, 0.15) is 0 Å². The van der Waals surface area contributed by atoms with E-state index in [1.807, 2.05) is 31.2 Å². The van der Waals surface area contributed by atoms with Crippen molar-refractivity contribution < 1.29 is 9.53 Å². The van der Waals surface area contributed by atoms with Crippen LogP contribution >= 0.6 is 0 Å². The Hall–Kier alpha value is -2.08. The van der Waals surface area contributed by atoms with E-state index in [9.17, 15) is 4.79 Å².